The molecule has 3 rings (SSSR count). The molecule has 26 heavy (non-hydrogen) atoms. The van der Waals surface area contributed by atoms with Gasteiger partial charge in [-0.1, -0.05) is 12.1 Å². The molecule has 2 N–H and O–H groups in total. The number of carbonyl (C=O) groups excluding carboxylic acids is 2. The van der Waals surface area contributed by atoms with E-state index in [0.717, 1.165) is 0 Å². The van der Waals surface area contributed by atoms with E-state index < -0.39 is 0 Å². The lowest BCUT2D eigenvalue weighted by Crippen LogP contribution is -2.41. The topological polar surface area (TPSA) is 74.3 Å². The number of aromatic nitrogens is 1. The first-order valence-corrected chi connectivity index (χ1v) is 8.60. The molecule has 2 aromatic rings. The second-order valence-corrected chi connectivity index (χ2v) is 6.31. The molecule has 0 saturated carbocycles. The Morgan fingerprint density at radius 1 is 1.12 bits per heavy atom. The highest BCUT2D eigenvalue weighted by molar-refractivity contribution is 5.93. The van der Waals surface area contributed by atoms with Crippen LogP contribution in [0, 0.1) is 11.7 Å². The number of amides is 2. The van der Waals surface area contributed by atoms with Gasteiger partial charge in [0.2, 0.25) is 11.8 Å². The SMILES string of the molecule is O=C(CN1CCC(C(=O)Nc2ccccn2)CC1)Nc1cccc(F)c1. The second kappa shape index (κ2) is 8.53. The molecule has 136 valence electrons. The molecular weight excluding hydrogens is 335 g/mol. The van der Waals surface area contributed by atoms with Crippen molar-refractivity contribution in [1.82, 2.24) is 9.88 Å². The van der Waals surface area contributed by atoms with Crippen LogP contribution in [0.1, 0.15) is 12.8 Å². The molecule has 0 unspecified atom stereocenters. The number of anilines is 2. The van der Waals surface area contributed by atoms with Crippen LogP contribution in [0.15, 0.2) is 48.7 Å². The highest BCUT2D eigenvalue weighted by Gasteiger charge is 2.26. The summed E-state index contributed by atoms with van der Waals surface area (Å²) in [6, 6.07) is 11.2. The number of benzene rings is 1. The molecule has 0 bridgehead atoms. The molecule has 6 nitrogen and oxygen atoms in total. The average Bonchev–Trinajstić information content (AvgIpc) is 2.63. The summed E-state index contributed by atoms with van der Waals surface area (Å²) >= 11 is 0. The van der Waals surface area contributed by atoms with Gasteiger partial charge in [0.25, 0.3) is 0 Å². The zero-order chi connectivity index (χ0) is 18.4. The fourth-order valence-corrected chi connectivity index (χ4v) is 2.99. The van der Waals surface area contributed by atoms with Crippen molar-refractivity contribution < 1.29 is 14.0 Å². The molecule has 2 heterocycles. The van der Waals surface area contributed by atoms with Gasteiger partial charge in [-0.15, -0.1) is 0 Å². The van der Waals surface area contributed by atoms with Gasteiger partial charge in [-0.2, -0.15) is 0 Å². The van der Waals surface area contributed by atoms with Crippen molar-refractivity contribution >= 4 is 23.3 Å². The molecule has 1 aromatic heterocycles. The van der Waals surface area contributed by atoms with Crippen LogP contribution in [-0.2, 0) is 9.59 Å². The Labute approximate surface area is 151 Å². The van der Waals surface area contributed by atoms with Crippen molar-refractivity contribution in [2.45, 2.75) is 12.8 Å². The number of likely N-dealkylation sites (tertiary alicyclic amines) is 1. The third-order valence-electron chi connectivity index (χ3n) is 4.35. The quantitative estimate of drug-likeness (QED) is 0.863. The zero-order valence-electron chi connectivity index (χ0n) is 14.3. The molecule has 7 heteroatoms. The number of hydrogen-bond acceptors (Lipinski definition) is 4. The average molecular weight is 356 g/mol. The van der Waals surface area contributed by atoms with E-state index >= 15 is 0 Å². The maximum absolute atomic E-state index is 13.1. The van der Waals surface area contributed by atoms with Gasteiger partial charge in [-0.3, -0.25) is 14.5 Å². The Hall–Kier alpha value is -2.80. The predicted octanol–water partition coefficient (Wildman–Crippen LogP) is 2.51. The minimum Gasteiger partial charge on any atom is -0.325 e. The number of rotatable bonds is 5. The van der Waals surface area contributed by atoms with Crippen LogP contribution in [0.4, 0.5) is 15.9 Å². The molecule has 1 fully saturated rings. The summed E-state index contributed by atoms with van der Waals surface area (Å²) in [5.41, 5.74) is 0.444. The lowest BCUT2D eigenvalue weighted by molar-refractivity contribution is -0.121. The molecule has 0 aliphatic carbocycles. The molecule has 1 aliphatic rings. The maximum Gasteiger partial charge on any atom is 0.238 e. The highest BCUT2D eigenvalue weighted by Crippen LogP contribution is 2.19. The smallest absolute Gasteiger partial charge is 0.238 e. The predicted molar refractivity (Wildman–Crippen MR) is 97.1 cm³/mol. The first-order valence-electron chi connectivity index (χ1n) is 8.60. The third-order valence-corrected chi connectivity index (χ3v) is 4.35. The van der Waals surface area contributed by atoms with Gasteiger partial charge >= 0.3 is 0 Å². The van der Waals surface area contributed by atoms with Crippen molar-refractivity contribution in [3.63, 3.8) is 0 Å². The molecule has 0 spiro atoms. The lowest BCUT2D eigenvalue weighted by atomic mass is 9.96. The Balaban J connectivity index is 1.43. The van der Waals surface area contributed by atoms with Crippen molar-refractivity contribution in [3.8, 4) is 0 Å². The van der Waals surface area contributed by atoms with Gasteiger partial charge in [0, 0.05) is 17.8 Å². The molecular formula is C19H21FN4O2. The number of hydrogen-bond donors (Lipinski definition) is 2. The van der Waals surface area contributed by atoms with Crippen LogP contribution in [0.2, 0.25) is 0 Å². The first-order chi connectivity index (χ1) is 12.6. The van der Waals surface area contributed by atoms with E-state index in [4.69, 9.17) is 0 Å². The highest BCUT2D eigenvalue weighted by atomic mass is 19.1. The van der Waals surface area contributed by atoms with E-state index in [0.29, 0.717) is 37.4 Å². The number of halogens is 1. The van der Waals surface area contributed by atoms with Crippen molar-refractivity contribution in [1.29, 1.82) is 0 Å². The zero-order valence-corrected chi connectivity index (χ0v) is 14.3. The molecule has 0 atom stereocenters. The van der Waals surface area contributed by atoms with Crippen LogP contribution in [-0.4, -0.2) is 41.3 Å². The molecule has 1 aliphatic heterocycles. The van der Waals surface area contributed by atoms with E-state index in [1.165, 1.54) is 12.1 Å². The largest absolute Gasteiger partial charge is 0.325 e. The number of pyridine rings is 1. The van der Waals surface area contributed by atoms with Crippen LogP contribution in [0.25, 0.3) is 0 Å². The van der Waals surface area contributed by atoms with Crippen LogP contribution in [0.3, 0.4) is 0 Å². The van der Waals surface area contributed by atoms with Crippen LogP contribution >= 0.6 is 0 Å². The summed E-state index contributed by atoms with van der Waals surface area (Å²) in [6.07, 6.45) is 3.01. The van der Waals surface area contributed by atoms with Crippen LogP contribution < -0.4 is 10.6 Å². The number of nitrogens with one attached hydrogen (secondary N) is 2. The standard InChI is InChI=1S/C19H21FN4O2/c20-15-4-3-5-16(12-15)22-18(25)13-24-10-7-14(8-11-24)19(26)23-17-6-1-2-9-21-17/h1-6,9,12,14H,7-8,10-11,13H2,(H,22,25)(H,21,23,26). The minimum absolute atomic E-state index is 0.0347. The molecule has 2 amide bonds. The second-order valence-electron chi connectivity index (χ2n) is 6.31. The fraction of sp³-hybridized carbons (Fsp3) is 0.316. The number of nitrogens with zero attached hydrogens (tertiary/aromatic N) is 2. The Kier molecular flexibility index (Phi) is 5.91. The maximum atomic E-state index is 13.1. The van der Waals surface area contributed by atoms with E-state index in [1.807, 2.05) is 11.0 Å². The van der Waals surface area contributed by atoms with Gasteiger partial charge in [0.15, 0.2) is 0 Å². The molecule has 0 radical (unpaired) electrons. The first kappa shape index (κ1) is 18.0. The summed E-state index contributed by atoms with van der Waals surface area (Å²) in [5.74, 6) is -0.143. The van der Waals surface area contributed by atoms with Gasteiger partial charge in [0.1, 0.15) is 11.6 Å². The Bertz CT molecular complexity index is 761. The summed E-state index contributed by atoms with van der Waals surface area (Å²) in [5, 5.41) is 5.51. The summed E-state index contributed by atoms with van der Waals surface area (Å²) in [7, 11) is 0. The van der Waals surface area contributed by atoms with Crippen molar-refractivity contribution in [2.24, 2.45) is 5.92 Å². The summed E-state index contributed by atoms with van der Waals surface area (Å²) in [6.45, 7) is 1.55. The van der Waals surface area contributed by atoms with E-state index in [2.05, 4.69) is 15.6 Å². The van der Waals surface area contributed by atoms with E-state index in [9.17, 15) is 14.0 Å². The number of piperidine rings is 1. The van der Waals surface area contributed by atoms with Gasteiger partial charge in [-0.25, -0.2) is 9.37 Å². The lowest BCUT2D eigenvalue weighted by Gasteiger charge is -2.30. The Morgan fingerprint density at radius 2 is 1.92 bits per heavy atom. The van der Waals surface area contributed by atoms with Crippen molar-refractivity contribution in [2.75, 3.05) is 30.3 Å². The van der Waals surface area contributed by atoms with Crippen LogP contribution in [0.5, 0.6) is 0 Å². The minimum atomic E-state index is -0.387. The third kappa shape index (κ3) is 5.10. The van der Waals surface area contributed by atoms with Gasteiger partial charge in [0.05, 0.1) is 6.54 Å². The summed E-state index contributed by atoms with van der Waals surface area (Å²) < 4.78 is 13.1. The van der Waals surface area contributed by atoms with E-state index in [-0.39, 0.29) is 30.1 Å². The van der Waals surface area contributed by atoms with E-state index in [1.54, 1.807) is 30.5 Å². The van der Waals surface area contributed by atoms with Gasteiger partial charge < -0.3 is 10.6 Å². The van der Waals surface area contributed by atoms with Crippen molar-refractivity contribution in [3.05, 3.63) is 54.5 Å². The molecule has 1 aromatic carbocycles. The summed E-state index contributed by atoms with van der Waals surface area (Å²) in [4.78, 5) is 30.5. The monoisotopic (exact) mass is 356 g/mol. The Morgan fingerprint density at radius 3 is 2.62 bits per heavy atom. The normalized spacial score (nSPS) is 15.4. The number of carbonyl (C=O) groups is 2. The molecule has 1 saturated heterocycles. The fourth-order valence-electron chi connectivity index (χ4n) is 2.99. The van der Waals surface area contributed by atoms with Gasteiger partial charge in [-0.05, 0) is 56.3 Å².